The van der Waals surface area contributed by atoms with Crippen molar-refractivity contribution in [2.75, 3.05) is 18.0 Å². The Kier molecular flexibility index (Phi) is 8.35. The van der Waals surface area contributed by atoms with Gasteiger partial charge in [-0.05, 0) is 44.7 Å². The summed E-state index contributed by atoms with van der Waals surface area (Å²) < 4.78 is 2.01. The second-order valence-electron chi connectivity index (χ2n) is 8.25. The van der Waals surface area contributed by atoms with Crippen LogP contribution in [0.2, 0.25) is 0 Å². The fraction of sp³-hybridized carbons (Fsp3) is 0.591. The molecule has 2 fully saturated rings. The van der Waals surface area contributed by atoms with Crippen LogP contribution in [0.25, 0.3) is 0 Å². The molecular formula is C22H34IN7. The van der Waals surface area contributed by atoms with Crippen LogP contribution in [-0.2, 0) is 13.6 Å². The van der Waals surface area contributed by atoms with Gasteiger partial charge >= 0.3 is 0 Å². The highest BCUT2D eigenvalue weighted by molar-refractivity contribution is 14.0. The molecule has 8 heteroatoms. The minimum absolute atomic E-state index is 0. The number of nitrogens with zero attached hydrogens (tertiary/aromatic N) is 5. The zero-order valence-corrected chi connectivity index (χ0v) is 20.4. The molecule has 0 atom stereocenters. The highest BCUT2D eigenvalue weighted by Crippen LogP contribution is 2.20. The van der Waals surface area contributed by atoms with Gasteiger partial charge in [0.2, 0.25) is 0 Å². The summed E-state index contributed by atoms with van der Waals surface area (Å²) in [5, 5.41) is 15.8. The van der Waals surface area contributed by atoms with Crippen molar-refractivity contribution in [1.82, 2.24) is 25.4 Å². The molecule has 2 heterocycles. The fourth-order valence-electron chi connectivity index (χ4n) is 4.25. The maximum atomic E-state index is 4.86. The van der Waals surface area contributed by atoms with Gasteiger partial charge in [-0.2, -0.15) is 0 Å². The molecule has 1 aromatic heterocycles. The predicted octanol–water partition coefficient (Wildman–Crippen LogP) is 3.39. The maximum absolute atomic E-state index is 4.86. The number of nitrogens with one attached hydrogen (secondary N) is 2. The first-order chi connectivity index (χ1) is 14.2. The largest absolute Gasteiger partial charge is 0.371 e. The number of anilines is 1. The molecule has 1 aliphatic heterocycles. The van der Waals surface area contributed by atoms with Crippen LogP contribution in [0.3, 0.4) is 0 Å². The summed E-state index contributed by atoms with van der Waals surface area (Å²) in [5.41, 5.74) is 1.32. The molecule has 1 aromatic carbocycles. The number of aliphatic imine (C=N–C) groups is 1. The lowest BCUT2D eigenvalue weighted by atomic mass is 10.0. The van der Waals surface area contributed by atoms with E-state index < -0.39 is 0 Å². The van der Waals surface area contributed by atoms with Crippen molar-refractivity contribution < 1.29 is 0 Å². The van der Waals surface area contributed by atoms with E-state index in [1.54, 1.807) is 0 Å². The lowest BCUT2D eigenvalue weighted by molar-refractivity contribution is 0.456. The fourth-order valence-corrected chi connectivity index (χ4v) is 4.25. The first-order valence-corrected chi connectivity index (χ1v) is 10.9. The Morgan fingerprint density at radius 3 is 2.23 bits per heavy atom. The SMILES string of the molecule is Cc1nnc(CN=C(NC2CCCC2)NC2CCN(c3ccccc3)CC2)n1C.I. The van der Waals surface area contributed by atoms with Gasteiger partial charge in [0.05, 0.1) is 0 Å². The number of rotatable bonds is 5. The van der Waals surface area contributed by atoms with Gasteiger partial charge in [0, 0.05) is 37.9 Å². The monoisotopic (exact) mass is 523 g/mol. The van der Waals surface area contributed by atoms with Crippen LogP contribution < -0.4 is 15.5 Å². The highest BCUT2D eigenvalue weighted by Gasteiger charge is 2.22. The van der Waals surface area contributed by atoms with Crippen molar-refractivity contribution in [1.29, 1.82) is 0 Å². The van der Waals surface area contributed by atoms with E-state index >= 15 is 0 Å². The molecule has 0 radical (unpaired) electrons. The third-order valence-electron chi connectivity index (χ3n) is 6.21. The smallest absolute Gasteiger partial charge is 0.192 e. The van der Waals surface area contributed by atoms with Crippen LogP contribution in [0.15, 0.2) is 35.3 Å². The molecule has 0 spiro atoms. The zero-order valence-electron chi connectivity index (χ0n) is 18.0. The predicted molar refractivity (Wildman–Crippen MR) is 132 cm³/mol. The topological polar surface area (TPSA) is 70.4 Å². The van der Waals surface area contributed by atoms with E-state index in [4.69, 9.17) is 4.99 Å². The molecule has 1 aliphatic carbocycles. The van der Waals surface area contributed by atoms with Gasteiger partial charge in [-0.3, -0.25) is 0 Å². The Morgan fingerprint density at radius 2 is 1.63 bits per heavy atom. The van der Waals surface area contributed by atoms with Gasteiger partial charge in [0.1, 0.15) is 12.4 Å². The Hall–Kier alpha value is -1.84. The standard InChI is InChI=1S/C22H33N7.HI/c1-17-26-27-21(28(17)2)16-23-22(24-18-8-6-7-9-18)25-19-12-14-29(15-13-19)20-10-4-3-5-11-20;/h3-5,10-11,18-19H,6-9,12-16H2,1-2H3,(H2,23,24,25);1H. The number of guanidine groups is 1. The number of benzene rings is 1. The highest BCUT2D eigenvalue weighted by atomic mass is 127. The molecule has 0 amide bonds. The number of para-hydroxylation sites is 1. The van der Waals surface area contributed by atoms with Crippen LogP contribution in [0.5, 0.6) is 0 Å². The summed E-state index contributed by atoms with van der Waals surface area (Å²) in [5.74, 6) is 2.74. The van der Waals surface area contributed by atoms with Gasteiger partial charge in [-0.1, -0.05) is 31.0 Å². The maximum Gasteiger partial charge on any atom is 0.192 e. The normalized spacial score (nSPS) is 18.3. The third-order valence-corrected chi connectivity index (χ3v) is 6.21. The molecule has 2 aliphatic rings. The van der Waals surface area contributed by atoms with Crippen molar-refractivity contribution in [3.63, 3.8) is 0 Å². The number of aromatic nitrogens is 3. The van der Waals surface area contributed by atoms with Crippen LogP contribution in [-0.4, -0.2) is 45.9 Å². The zero-order chi connectivity index (χ0) is 20.1. The average Bonchev–Trinajstić information content (AvgIpc) is 3.38. The van der Waals surface area contributed by atoms with E-state index in [9.17, 15) is 0 Å². The van der Waals surface area contributed by atoms with Crippen LogP contribution in [0, 0.1) is 6.92 Å². The molecule has 30 heavy (non-hydrogen) atoms. The van der Waals surface area contributed by atoms with E-state index in [0.29, 0.717) is 18.6 Å². The summed E-state index contributed by atoms with van der Waals surface area (Å²) in [6.45, 7) is 4.65. The number of aryl methyl sites for hydroxylation is 1. The molecule has 2 aromatic rings. The van der Waals surface area contributed by atoms with E-state index in [1.807, 2.05) is 18.5 Å². The lowest BCUT2D eigenvalue weighted by Gasteiger charge is -2.35. The van der Waals surface area contributed by atoms with Gasteiger partial charge in [-0.15, -0.1) is 34.2 Å². The van der Waals surface area contributed by atoms with E-state index in [0.717, 1.165) is 43.5 Å². The molecular weight excluding hydrogens is 489 g/mol. The number of hydrogen-bond donors (Lipinski definition) is 2. The first-order valence-electron chi connectivity index (χ1n) is 10.9. The molecule has 1 saturated heterocycles. The summed E-state index contributed by atoms with van der Waals surface area (Å²) >= 11 is 0. The van der Waals surface area contributed by atoms with Crippen LogP contribution >= 0.6 is 24.0 Å². The van der Waals surface area contributed by atoms with Crippen LogP contribution in [0.4, 0.5) is 5.69 Å². The molecule has 7 nitrogen and oxygen atoms in total. The summed E-state index contributed by atoms with van der Waals surface area (Å²) in [6.07, 6.45) is 7.31. The Balaban J connectivity index is 0.00000256. The number of piperidine rings is 1. The Bertz CT molecular complexity index is 806. The van der Waals surface area contributed by atoms with Gasteiger partial charge in [0.15, 0.2) is 11.8 Å². The van der Waals surface area contributed by atoms with E-state index in [1.165, 1.54) is 31.4 Å². The van der Waals surface area contributed by atoms with Crippen molar-refractivity contribution in [2.24, 2.45) is 12.0 Å². The molecule has 0 bridgehead atoms. The van der Waals surface area contributed by atoms with Crippen molar-refractivity contribution in [3.05, 3.63) is 42.0 Å². The second kappa shape index (κ2) is 11.0. The molecule has 0 unspecified atom stereocenters. The number of halogens is 1. The van der Waals surface area contributed by atoms with Crippen molar-refractivity contribution in [3.8, 4) is 0 Å². The number of hydrogen-bond acceptors (Lipinski definition) is 4. The van der Waals surface area contributed by atoms with Gasteiger partial charge < -0.3 is 20.1 Å². The van der Waals surface area contributed by atoms with Gasteiger partial charge in [-0.25, -0.2) is 4.99 Å². The minimum Gasteiger partial charge on any atom is -0.371 e. The summed E-state index contributed by atoms with van der Waals surface area (Å²) in [7, 11) is 2.00. The summed E-state index contributed by atoms with van der Waals surface area (Å²) in [6, 6.07) is 11.7. The third kappa shape index (κ3) is 5.86. The second-order valence-corrected chi connectivity index (χ2v) is 8.25. The van der Waals surface area contributed by atoms with Crippen LogP contribution in [0.1, 0.15) is 50.2 Å². The molecule has 2 N–H and O–H groups in total. The summed E-state index contributed by atoms with van der Waals surface area (Å²) in [4.78, 5) is 7.33. The molecule has 164 valence electrons. The molecule has 4 rings (SSSR count). The minimum atomic E-state index is 0. The average molecular weight is 523 g/mol. The van der Waals surface area contributed by atoms with E-state index in [-0.39, 0.29) is 24.0 Å². The van der Waals surface area contributed by atoms with E-state index in [2.05, 4.69) is 56.1 Å². The van der Waals surface area contributed by atoms with Gasteiger partial charge in [0.25, 0.3) is 0 Å². The Morgan fingerprint density at radius 1 is 1.00 bits per heavy atom. The molecule has 1 saturated carbocycles. The first kappa shape index (κ1) is 22.8. The van der Waals surface area contributed by atoms with Crippen molar-refractivity contribution in [2.45, 2.75) is 64.1 Å². The lowest BCUT2D eigenvalue weighted by Crippen LogP contribution is -2.50. The van der Waals surface area contributed by atoms with Crippen molar-refractivity contribution >= 4 is 35.6 Å². The quantitative estimate of drug-likeness (QED) is 0.357. The Labute approximate surface area is 196 Å².